The second-order valence-electron chi connectivity index (χ2n) is 4.29. The molecule has 1 N–H and O–H groups in total. The van der Waals surface area contributed by atoms with Gasteiger partial charge in [0.05, 0.1) is 18.6 Å². The van der Waals surface area contributed by atoms with Gasteiger partial charge in [-0.1, -0.05) is 18.2 Å². The highest BCUT2D eigenvalue weighted by Gasteiger charge is 2.12. The highest BCUT2D eigenvalue weighted by atomic mass is 16.1. The first kappa shape index (κ1) is 10.8. The lowest BCUT2D eigenvalue weighted by molar-refractivity contribution is -0.108. The molecule has 0 saturated heterocycles. The van der Waals surface area contributed by atoms with E-state index in [2.05, 4.69) is 16.0 Å². The van der Waals surface area contributed by atoms with Crippen molar-refractivity contribution in [3.8, 4) is 11.3 Å². The van der Waals surface area contributed by atoms with Crippen molar-refractivity contribution < 1.29 is 4.79 Å². The Morgan fingerprint density at radius 2 is 2.22 bits per heavy atom. The average Bonchev–Trinajstić information content (AvgIpc) is 2.92. The van der Waals surface area contributed by atoms with Crippen LogP contribution in [0.2, 0.25) is 0 Å². The van der Waals surface area contributed by atoms with Crippen LogP contribution in [0.15, 0.2) is 36.8 Å². The van der Waals surface area contributed by atoms with Crippen molar-refractivity contribution in [2.45, 2.75) is 13.5 Å². The summed E-state index contributed by atoms with van der Waals surface area (Å²) in [7, 11) is 0. The van der Waals surface area contributed by atoms with Gasteiger partial charge in [-0.05, 0) is 13.0 Å². The van der Waals surface area contributed by atoms with E-state index in [9.17, 15) is 4.79 Å². The van der Waals surface area contributed by atoms with E-state index in [1.807, 2.05) is 31.3 Å². The smallest absolute Gasteiger partial charge is 0.139 e. The largest absolute Gasteiger partial charge is 0.358 e. The van der Waals surface area contributed by atoms with Gasteiger partial charge in [0.25, 0.3) is 0 Å². The van der Waals surface area contributed by atoms with Crippen LogP contribution in [0.3, 0.4) is 0 Å². The van der Waals surface area contributed by atoms with Gasteiger partial charge in [-0.25, -0.2) is 4.98 Å². The third-order valence-corrected chi connectivity index (χ3v) is 3.07. The van der Waals surface area contributed by atoms with Crippen molar-refractivity contribution in [1.29, 1.82) is 0 Å². The summed E-state index contributed by atoms with van der Waals surface area (Å²) in [5, 5.41) is 1.16. The Hall–Kier alpha value is -2.36. The van der Waals surface area contributed by atoms with Gasteiger partial charge in [0.2, 0.25) is 0 Å². The molecule has 0 atom stereocenters. The van der Waals surface area contributed by atoms with Crippen molar-refractivity contribution in [3.63, 3.8) is 0 Å². The van der Waals surface area contributed by atoms with Crippen molar-refractivity contribution in [2.75, 3.05) is 0 Å². The Balaban J connectivity index is 2.17. The predicted molar refractivity (Wildman–Crippen MR) is 70.3 cm³/mol. The van der Waals surface area contributed by atoms with Crippen LogP contribution in [-0.4, -0.2) is 20.8 Å². The summed E-state index contributed by atoms with van der Waals surface area (Å²) in [6, 6.07) is 8.15. The molecule has 2 aromatic heterocycles. The van der Waals surface area contributed by atoms with Crippen LogP contribution in [0, 0.1) is 6.92 Å². The van der Waals surface area contributed by atoms with E-state index < -0.39 is 0 Å². The fourth-order valence-corrected chi connectivity index (χ4v) is 2.28. The third kappa shape index (κ3) is 1.62. The second kappa shape index (κ2) is 4.14. The van der Waals surface area contributed by atoms with Crippen LogP contribution < -0.4 is 0 Å². The van der Waals surface area contributed by atoms with E-state index in [4.69, 9.17) is 0 Å². The van der Waals surface area contributed by atoms with E-state index in [1.165, 1.54) is 0 Å². The normalized spacial score (nSPS) is 10.9. The molecule has 18 heavy (non-hydrogen) atoms. The molecule has 90 valence electrons. The third-order valence-electron chi connectivity index (χ3n) is 3.07. The molecule has 3 rings (SSSR count). The zero-order valence-electron chi connectivity index (χ0n) is 10.1. The zero-order valence-corrected chi connectivity index (χ0v) is 10.1. The Kier molecular flexibility index (Phi) is 2.48. The molecule has 0 fully saturated rings. The van der Waals surface area contributed by atoms with Gasteiger partial charge in [-0.2, -0.15) is 0 Å². The Morgan fingerprint density at radius 3 is 3.06 bits per heavy atom. The number of rotatable bonds is 3. The molecule has 0 aliphatic heterocycles. The number of carbonyl (C=O) groups is 1. The summed E-state index contributed by atoms with van der Waals surface area (Å²) in [6.07, 6.45) is 4.45. The first-order valence-corrected chi connectivity index (χ1v) is 5.82. The molecule has 4 heteroatoms. The molecule has 0 unspecified atom stereocenters. The number of carbonyl (C=O) groups excluding carboxylic acids is 1. The number of imidazole rings is 1. The number of aromatic nitrogens is 3. The Morgan fingerprint density at radius 1 is 1.39 bits per heavy atom. The SMILES string of the molecule is Cc1[nH]c2ccccc2c1-c1cn(CC=O)cn1. The predicted octanol–water partition coefficient (Wildman–Crippen LogP) is 2.54. The molecule has 0 radical (unpaired) electrons. The van der Waals surface area contributed by atoms with Crippen molar-refractivity contribution in [3.05, 3.63) is 42.5 Å². The maximum atomic E-state index is 10.5. The minimum Gasteiger partial charge on any atom is -0.358 e. The van der Waals surface area contributed by atoms with Gasteiger partial charge >= 0.3 is 0 Å². The Bertz CT molecular complexity index is 709. The van der Waals surface area contributed by atoms with Crippen LogP contribution in [0.1, 0.15) is 5.69 Å². The number of nitrogens with one attached hydrogen (secondary N) is 1. The zero-order chi connectivity index (χ0) is 12.5. The van der Waals surface area contributed by atoms with E-state index in [0.717, 1.165) is 34.1 Å². The molecular formula is C14H13N3O. The van der Waals surface area contributed by atoms with E-state index in [1.54, 1.807) is 10.9 Å². The topological polar surface area (TPSA) is 50.7 Å². The lowest BCUT2D eigenvalue weighted by Crippen LogP contribution is -1.93. The summed E-state index contributed by atoms with van der Waals surface area (Å²) in [5.74, 6) is 0. The minimum absolute atomic E-state index is 0.342. The molecule has 2 heterocycles. The number of benzene rings is 1. The number of fused-ring (bicyclic) bond motifs is 1. The van der Waals surface area contributed by atoms with E-state index >= 15 is 0 Å². The van der Waals surface area contributed by atoms with Crippen molar-refractivity contribution >= 4 is 17.2 Å². The summed E-state index contributed by atoms with van der Waals surface area (Å²) < 4.78 is 1.78. The second-order valence-corrected chi connectivity index (χ2v) is 4.29. The van der Waals surface area contributed by atoms with E-state index in [-0.39, 0.29) is 0 Å². The number of hydrogen-bond donors (Lipinski definition) is 1. The molecule has 0 saturated carbocycles. The summed E-state index contributed by atoms with van der Waals surface area (Å²) in [5.41, 5.74) is 4.20. The molecule has 4 nitrogen and oxygen atoms in total. The van der Waals surface area contributed by atoms with Crippen LogP contribution in [-0.2, 0) is 11.3 Å². The quantitative estimate of drug-likeness (QED) is 0.714. The summed E-state index contributed by atoms with van der Waals surface area (Å²) in [4.78, 5) is 18.2. The van der Waals surface area contributed by atoms with Crippen molar-refractivity contribution in [2.24, 2.45) is 0 Å². The summed E-state index contributed by atoms with van der Waals surface area (Å²) in [6.45, 7) is 2.38. The molecule has 1 aromatic carbocycles. The molecule has 0 bridgehead atoms. The number of para-hydroxylation sites is 1. The highest BCUT2D eigenvalue weighted by molar-refractivity contribution is 5.96. The van der Waals surface area contributed by atoms with Gasteiger partial charge in [0.1, 0.15) is 6.29 Å². The highest BCUT2D eigenvalue weighted by Crippen LogP contribution is 2.30. The van der Waals surface area contributed by atoms with Crippen LogP contribution >= 0.6 is 0 Å². The maximum absolute atomic E-state index is 10.5. The number of aryl methyl sites for hydroxylation is 1. The van der Waals surface area contributed by atoms with E-state index in [0.29, 0.717) is 6.54 Å². The first-order valence-electron chi connectivity index (χ1n) is 5.82. The molecule has 3 aromatic rings. The van der Waals surface area contributed by atoms with Crippen LogP contribution in [0.5, 0.6) is 0 Å². The van der Waals surface area contributed by atoms with Crippen LogP contribution in [0.25, 0.3) is 22.2 Å². The monoisotopic (exact) mass is 239 g/mol. The Labute approximate surface area is 104 Å². The minimum atomic E-state index is 0.342. The van der Waals surface area contributed by atoms with Crippen molar-refractivity contribution in [1.82, 2.24) is 14.5 Å². The fraction of sp³-hybridized carbons (Fsp3) is 0.143. The number of aldehydes is 1. The number of aromatic amines is 1. The number of hydrogen-bond acceptors (Lipinski definition) is 2. The van der Waals surface area contributed by atoms with Crippen LogP contribution in [0.4, 0.5) is 0 Å². The molecule has 0 amide bonds. The standard InChI is InChI=1S/C14H13N3O/c1-10-14(11-4-2-3-5-12(11)16-10)13-8-17(6-7-18)9-15-13/h2-5,7-9,16H,6H2,1H3. The maximum Gasteiger partial charge on any atom is 0.139 e. The fourth-order valence-electron chi connectivity index (χ4n) is 2.28. The first-order chi connectivity index (χ1) is 8.79. The lowest BCUT2D eigenvalue weighted by atomic mass is 10.1. The molecule has 0 spiro atoms. The van der Waals surface area contributed by atoms with Gasteiger partial charge in [-0.3, -0.25) is 0 Å². The van der Waals surface area contributed by atoms with Gasteiger partial charge in [0, 0.05) is 28.4 Å². The number of H-pyrrole nitrogens is 1. The van der Waals surface area contributed by atoms with Gasteiger partial charge < -0.3 is 14.3 Å². The lowest BCUT2D eigenvalue weighted by Gasteiger charge is -1.96. The van der Waals surface area contributed by atoms with Gasteiger partial charge in [-0.15, -0.1) is 0 Å². The molecule has 0 aliphatic rings. The van der Waals surface area contributed by atoms with Gasteiger partial charge in [0.15, 0.2) is 0 Å². The number of nitrogens with zero attached hydrogens (tertiary/aromatic N) is 2. The molecule has 0 aliphatic carbocycles. The summed E-state index contributed by atoms with van der Waals surface area (Å²) >= 11 is 0. The molecular weight excluding hydrogens is 226 g/mol. The average molecular weight is 239 g/mol.